The molecule has 11 heteroatoms. The van der Waals surface area contributed by atoms with Crippen LogP contribution in [0.5, 0.6) is 0 Å². The molecule has 1 aliphatic heterocycles. The van der Waals surface area contributed by atoms with Crippen LogP contribution in [0.15, 0.2) is 46.9 Å². The molecule has 182 valence electrons. The van der Waals surface area contributed by atoms with Gasteiger partial charge in [-0.05, 0) is 62.2 Å². The molecule has 1 amide bonds. The number of carbonyl (C=O) groups excluding carboxylic acids is 1. The van der Waals surface area contributed by atoms with Gasteiger partial charge in [0, 0.05) is 5.39 Å². The first kappa shape index (κ1) is 24.6. The minimum Gasteiger partial charge on any atom is -0.458 e. The lowest BCUT2D eigenvalue weighted by atomic mass is 10.0. The summed E-state index contributed by atoms with van der Waals surface area (Å²) in [6, 6.07) is 12.4. The highest BCUT2D eigenvalue weighted by Gasteiger charge is 2.45. The number of fused-ring (bicyclic) bond motifs is 1. The Morgan fingerprint density at radius 2 is 1.91 bits per heavy atom. The lowest BCUT2D eigenvalue weighted by Gasteiger charge is -2.38. The van der Waals surface area contributed by atoms with E-state index in [1.807, 2.05) is 6.07 Å². The Balaban J connectivity index is 1.44. The number of carbonyl (C=O) groups is 1. The molecule has 1 aliphatic rings. The number of nitrogens with one attached hydrogen (secondary N) is 1. The number of ether oxygens (including phenoxy) is 1. The highest BCUT2D eigenvalue weighted by Crippen LogP contribution is 2.36. The third-order valence-corrected chi connectivity index (χ3v) is 5.99. The molecule has 2 heterocycles. The third kappa shape index (κ3) is 5.93. The van der Waals surface area contributed by atoms with Crippen LogP contribution in [0.25, 0.3) is 22.1 Å². The fourth-order valence-corrected chi connectivity index (χ4v) is 4.55. The van der Waals surface area contributed by atoms with Crippen molar-refractivity contribution in [3.8, 4) is 11.1 Å². The summed E-state index contributed by atoms with van der Waals surface area (Å²) in [5.74, 6) is -2.17. The molecule has 0 bridgehead atoms. The molecule has 0 unspecified atom stereocenters. The van der Waals surface area contributed by atoms with Crippen LogP contribution in [0, 0.1) is 0 Å². The summed E-state index contributed by atoms with van der Waals surface area (Å²) < 4.78 is 39.2. The van der Waals surface area contributed by atoms with Gasteiger partial charge in [0.2, 0.25) is 0 Å². The second kappa shape index (κ2) is 9.26. The van der Waals surface area contributed by atoms with Gasteiger partial charge in [0.1, 0.15) is 11.4 Å². The van der Waals surface area contributed by atoms with Gasteiger partial charge in [0.15, 0.2) is 5.58 Å². The van der Waals surface area contributed by atoms with E-state index in [4.69, 9.17) is 20.8 Å². The van der Waals surface area contributed by atoms with Crippen molar-refractivity contribution >= 4 is 46.5 Å². The monoisotopic (exact) mass is 511 g/mol. The first-order valence-electron chi connectivity index (χ1n) is 10.5. The van der Waals surface area contributed by atoms with E-state index in [0.717, 1.165) is 33.1 Å². The second-order valence-corrected chi connectivity index (χ2v) is 10.4. The van der Waals surface area contributed by atoms with Gasteiger partial charge < -0.3 is 14.5 Å². The molecule has 0 saturated carbocycles. The molecule has 3 aromatic rings. The quantitative estimate of drug-likeness (QED) is 0.289. The van der Waals surface area contributed by atoms with Crippen molar-refractivity contribution in [3.05, 3.63) is 53.2 Å². The van der Waals surface area contributed by atoms with E-state index in [1.54, 1.807) is 57.2 Å². The molecular weight excluding hydrogens is 488 g/mol. The van der Waals surface area contributed by atoms with E-state index < -0.39 is 30.7 Å². The Morgan fingerprint density at radius 3 is 2.53 bits per heavy atom. The summed E-state index contributed by atoms with van der Waals surface area (Å²) in [4.78, 5) is 11.9. The van der Waals surface area contributed by atoms with E-state index in [9.17, 15) is 18.8 Å². The zero-order chi connectivity index (χ0) is 24.7. The topological polar surface area (TPSA) is 78.2 Å². The van der Waals surface area contributed by atoms with Crippen molar-refractivity contribution in [2.24, 2.45) is 0 Å². The molecule has 1 aromatic heterocycles. The molecule has 0 aliphatic carbocycles. The fourth-order valence-electron chi connectivity index (χ4n) is 3.36. The molecule has 7 nitrogen and oxygen atoms in total. The van der Waals surface area contributed by atoms with E-state index in [0.29, 0.717) is 22.1 Å². The average molecular weight is 512 g/mol. The number of nitrogens with zero attached hydrogens (tertiary/aromatic N) is 2. The average Bonchev–Trinajstić information content (AvgIpc) is 3.13. The van der Waals surface area contributed by atoms with Gasteiger partial charge in [0.25, 0.3) is 5.92 Å². The zero-order valence-electron chi connectivity index (χ0n) is 18.8. The highest BCUT2D eigenvalue weighted by molar-refractivity contribution is 7.98. The number of alkyl halides is 2. The van der Waals surface area contributed by atoms with Crippen molar-refractivity contribution in [1.82, 2.24) is 9.62 Å². The predicted octanol–water partition coefficient (Wildman–Crippen LogP) is 6.49. The summed E-state index contributed by atoms with van der Waals surface area (Å²) in [7, 11) is 0. The number of benzene rings is 2. The van der Waals surface area contributed by atoms with Gasteiger partial charge >= 0.3 is 6.09 Å². The van der Waals surface area contributed by atoms with Crippen LogP contribution in [-0.2, 0) is 11.3 Å². The molecular formula is C23H24ClF2N3O4S. The van der Waals surface area contributed by atoms with Crippen LogP contribution < -0.4 is 9.79 Å². The minimum absolute atomic E-state index is 0.150. The maximum Gasteiger partial charge on any atom is 0.408 e. The molecule has 4 rings (SSSR count). The number of anilines is 1. The maximum atomic E-state index is 13.0. The van der Waals surface area contributed by atoms with E-state index >= 15 is 0 Å². The molecule has 1 saturated heterocycles. The zero-order valence-corrected chi connectivity index (χ0v) is 20.3. The summed E-state index contributed by atoms with van der Waals surface area (Å²) in [6.07, 6.45) is -0.543. The molecule has 2 N–H and O–H groups in total. The molecule has 0 radical (unpaired) electrons. The Bertz CT molecular complexity index is 1190. The van der Waals surface area contributed by atoms with E-state index in [1.165, 1.54) is 4.31 Å². The number of hydrogen-bond donors (Lipinski definition) is 2. The SMILES string of the molecule is CC(C)(C)OC(=O)NCc1cc2cc(-c3ccc(N(O)SN4CC(F)(F)C4)cc3)cc(Cl)c2o1. The number of alkyl carbamates (subject to hydrolysis) is 1. The van der Waals surface area contributed by atoms with Crippen molar-refractivity contribution in [2.45, 2.75) is 38.8 Å². The number of amides is 1. The van der Waals surface area contributed by atoms with Gasteiger partial charge in [-0.25, -0.2) is 17.9 Å². The Kier molecular flexibility index (Phi) is 6.69. The second-order valence-electron chi connectivity index (χ2n) is 9.00. The van der Waals surface area contributed by atoms with Gasteiger partial charge in [-0.1, -0.05) is 23.7 Å². The van der Waals surface area contributed by atoms with Crippen molar-refractivity contribution in [1.29, 1.82) is 0 Å². The Morgan fingerprint density at radius 1 is 1.24 bits per heavy atom. The molecule has 0 atom stereocenters. The van der Waals surface area contributed by atoms with Gasteiger partial charge in [-0.15, -0.1) is 0 Å². The summed E-state index contributed by atoms with van der Waals surface area (Å²) in [5.41, 5.74) is 2.04. The minimum atomic E-state index is -2.70. The lowest BCUT2D eigenvalue weighted by molar-refractivity contribution is -0.0909. The van der Waals surface area contributed by atoms with Crippen LogP contribution in [-0.4, -0.2) is 40.2 Å². The van der Waals surface area contributed by atoms with Crippen LogP contribution in [0.4, 0.5) is 19.3 Å². The Labute approximate surface area is 204 Å². The Hall–Kier alpha value is -2.53. The third-order valence-electron chi connectivity index (χ3n) is 4.86. The lowest BCUT2D eigenvalue weighted by Crippen LogP contribution is -2.53. The van der Waals surface area contributed by atoms with Crippen LogP contribution in [0.2, 0.25) is 5.02 Å². The van der Waals surface area contributed by atoms with Crippen molar-refractivity contribution in [3.63, 3.8) is 0 Å². The largest absolute Gasteiger partial charge is 0.458 e. The van der Waals surface area contributed by atoms with Gasteiger partial charge in [-0.2, -0.15) is 4.47 Å². The molecule has 34 heavy (non-hydrogen) atoms. The summed E-state index contributed by atoms with van der Waals surface area (Å²) in [6.45, 7) is 4.71. The number of furan rings is 1. The number of rotatable bonds is 6. The first-order chi connectivity index (χ1) is 15.9. The van der Waals surface area contributed by atoms with Crippen LogP contribution in [0.1, 0.15) is 26.5 Å². The summed E-state index contributed by atoms with van der Waals surface area (Å²) >= 11 is 7.27. The van der Waals surface area contributed by atoms with Crippen LogP contribution in [0.3, 0.4) is 0 Å². The molecule has 0 spiro atoms. The standard InChI is InChI=1S/C23H24ClF2N3O4S/c1-22(2,3)33-21(30)27-11-18-9-16-8-15(10-19(24)20(16)32-18)14-4-6-17(7-5-14)29(31)34-28-12-23(25,26)13-28/h4-10,31H,11-13H2,1-3H3,(H,27,30). The normalized spacial score (nSPS) is 15.7. The number of hydrogen-bond acceptors (Lipinski definition) is 7. The van der Waals surface area contributed by atoms with E-state index in [-0.39, 0.29) is 6.54 Å². The predicted molar refractivity (Wildman–Crippen MR) is 128 cm³/mol. The van der Waals surface area contributed by atoms with E-state index in [2.05, 4.69) is 5.32 Å². The van der Waals surface area contributed by atoms with Crippen molar-refractivity contribution < 1.29 is 27.9 Å². The van der Waals surface area contributed by atoms with Gasteiger partial charge in [0.05, 0.1) is 42.5 Å². The number of halogens is 3. The van der Waals surface area contributed by atoms with Gasteiger partial charge in [-0.3, -0.25) is 5.21 Å². The molecule has 2 aromatic carbocycles. The first-order valence-corrected chi connectivity index (χ1v) is 11.6. The fraction of sp³-hybridized carbons (Fsp3) is 0.348. The van der Waals surface area contributed by atoms with Crippen LogP contribution >= 0.6 is 23.7 Å². The smallest absolute Gasteiger partial charge is 0.408 e. The molecule has 1 fully saturated rings. The maximum absolute atomic E-state index is 13.0. The summed E-state index contributed by atoms with van der Waals surface area (Å²) in [5, 5.41) is 14.0. The highest BCUT2D eigenvalue weighted by atomic mass is 35.5. The van der Waals surface area contributed by atoms with Crippen molar-refractivity contribution in [2.75, 3.05) is 17.6 Å².